The summed E-state index contributed by atoms with van der Waals surface area (Å²) in [5.74, 6) is -1.18. The van der Waals surface area contributed by atoms with Gasteiger partial charge in [0.25, 0.3) is 0 Å². The number of carbonyl (C=O) groups excluding carboxylic acids is 4. The second-order valence-corrected chi connectivity index (χ2v) is 11.1. The largest absolute Gasteiger partial charge is 0.466 e. The Morgan fingerprint density at radius 1 is 1.16 bits per heavy atom. The van der Waals surface area contributed by atoms with Crippen molar-refractivity contribution in [1.82, 2.24) is 15.5 Å². The zero-order valence-electron chi connectivity index (χ0n) is 23.4. The molecule has 0 aliphatic heterocycles. The molecule has 0 saturated heterocycles. The van der Waals surface area contributed by atoms with Crippen molar-refractivity contribution in [3.05, 3.63) is 35.4 Å². The van der Waals surface area contributed by atoms with Crippen LogP contribution < -0.4 is 10.6 Å². The van der Waals surface area contributed by atoms with E-state index < -0.39 is 29.7 Å². The van der Waals surface area contributed by atoms with Gasteiger partial charge in [-0.1, -0.05) is 50.6 Å². The topological polar surface area (TPSA) is 114 Å². The predicted octanol–water partition coefficient (Wildman–Crippen LogP) is 3.89. The minimum atomic E-state index is -0.925. The van der Waals surface area contributed by atoms with E-state index in [0.717, 1.165) is 12.0 Å². The van der Waals surface area contributed by atoms with Crippen LogP contribution in [-0.4, -0.2) is 59.6 Å². The Morgan fingerprint density at radius 2 is 1.81 bits per heavy atom. The van der Waals surface area contributed by atoms with Crippen LogP contribution in [0.3, 0.4) is 0 Å². The van der Waals surface area contributed by atoms with Crippen molar-refractivity contribution in [2.24, 2.45) is 11.8 Å². The van der Waals surface area contributed by atoms with Gasteiger partial charge in [-0.2, -0.15) is 0 Å². The molecular weight excluding hydrogens is 474 g/mol. The Balaban J connectivity index is 2.40. The molecule has 1 fully saturated rings. The number of hydrogen-bond acceptors (Lipinski definition) is 6. The van der Waals surface area contributed by atoms with Crippen LogP contribution in [0, 0.1) is 18.8 Å². The van der Waals surface area contributed by atoms with Gasteiger partial charge in [-0.3, -0.25) is 14.4 Å². The fourth-order valence-corrected chi connectivity index (χ4v) is 4.18. The van der Waals surface area contributed by atoms with Crippen molar-refractivity contribution in [3.63, 3.8) is 0 Å². The van der Waals surface area contributed by atoms with E-state index in [0.29, 0.717) is 5.56 Å². The van der Waals surface area contributed by atoms with Crippen molar-refractivity contribution in [2.45, 2.75) is 92.0 Å². The molecule has 37 heavy (non-hydrogen) atoms. The van der Waals surface area contributed by atoms with E-state index in [2.05, 4.69) is 10.6 Å². The van der Waals surface area contributed by atoms with E-state index in [1.807, 2.05) is 52.0 Å². The number of nitrogens with one attached hydrogen (secondary N) is 2. The van der Waals surface area contributed by atoms with Crippen molar-refractivity contribution in [2.75, 3.05) is 13.2 Å². The number of nitrogens with zero attached hydrogens (tertiary/aromatic N) is 1. The molecule has 0 spiro atoms. The number of alkyl carbamates (subject to hydrolysis) is 1. The first kappa shape index (κ1) is 30.1. The van der Waals surface area contributed by atoms with Gasteiger partial charge in [0.1, 0.15) is 17.7 Å². The second kappa shape index (κ2) is 12.9. The average Bonchev–Trinajstić information content (AvgIpc) is 3.49. The lowest BCUT2D eigenvalue weighted by molar-refractivity contribution is -0.145. The summed E-state index contributed by atoms with van der Waals surface area (Å²) in [5.41, 5.74) is 0.897. The SMILES string of the molecule is CCOC(=O)CCNC(=O)C(c1cccc(C)c1)N(C(=O)C(NC(=O)OC(C)(C)C)C(C)C)C1CC1C. The summed E-state index contributed by atoms with van der Waals surface area (Å²) in [6.07, 6.45) is 0.0961. The van der Waals surface area contributed by atoms with Gasteiger partial charge >= 0.3 is 12.1 Å². The van der Waals surface area contributed by atoms with Gasteiger partial charge in [0.2, 0.25) is 11.8 Å². The highest BCUT2D eigenvalue weighted by molar-refractivity contribution is 5.93. The Labute approximate surface area is 220 Å². The molecule has 9 nitrogen and oxygen atoms in total. The van der Waals surface area contributed by atoms with E-state index in [1.165, 1.54) is 0 Å². The first-order valence-electron chi connectivity index (χ1n) is 13.1. The van der Waals surface area contributed by atoms with Crippen LogP contribution in [0.5, 0.6) is 0 Å². The molecule has 4 atom stereocenters. The summed E-state index contributed by atoms with van der Waals surface area (Å²) in [6, 6.07) is 5.51. The summed E-state index contributed by atoms with van der Waals surface area (Å²) in [6.45, 7) is 15.0. The molecule has 0 radical (unpaired) electrons. The summed E-state index contributed by atoms with van der Waals surface area (Å²) in [4.78, 5) is 53.7. The average molecular weight is 518 g/mol. The molecular formula is C28H43N3O6. The van der Waals surface area contributed by atoms with E-state index in [9.17, 15) is 19.2 Å². The third kappa shape index (κ3) is 9.05. The number of aryl methyl sites for hydroxylation is 1. The lowest BCUT2D eigenvalue weighted by atomic mass is 9.97. The summed E-state index contributed by atoms with van der Waals surface area (Å²) in [7, 11) is 0. The Kier molecular flexibility index (Phi) is 10.5. The van der Waals surface area contributed by atoms with E-state index >= 15 is 0 Å². The molecule has 0 aromatic heterocycles. The van der Waals surface area contributed by atoms with Gasteiger partial charge in [-0.25, -0.2) is 4.79 Å². The zero-order valence-corrected chi connectivity index (χ0v) is 23.4. The summed E-state index contributed by atoms with van der Waals surface area (Å²) in [5, 5.41) is 5.55. The number of amides is 3. The monoisotopic (exact) mass is 517 g/mol. The fraction of sp³-hybridized carbons (Fsp3) is 0.643. The highest BCUT2D eigenvalue weighted by Crippen LogP contribution is 2.41. The van der Waals surface area contributed by atoms with Crippen LogP contribution in [0.2, 0.25) is 0 Å². The van der Waals surface area contributed by atoms with Crippen molar-refractivity contribution < 1.29 is 28.7 Å². The quantitative estimate of drug-likeness (QED) is 0.431. The predicted molar refractivity (Wildman–Crippen MR) is 141 cm³/mol. The lowest BCUT2D eigenvalue weighted by Crippen LogP contribution is -2.55. The third-order valence-corrected chi connectivity index (χ3v) is 6.10. The summed E-state index contributed by atoms with van der Waals surface area (Å²) >= 11 is 0. The molecule has 1 saturated carbocycles. The molecule has 3 amide bonds. The molecule has 0 heterocycles. The van der Waals surface area contributed by atoms with E-state index in [4.69, 9.17) is 9.47 Å². The Hall–Kier alpha value is -3.10. The van der Waals surface area contributed by atoms with E-state index in [1.54, 1.807) is 32.6 Å². The number of benzene rings is 1. The lowest BCUT2D eigenvalue weighted by Gasteiger charge is -2.36. The van der Waals surface area contributed by atoms with Gasteiger partial charge in [0, 0.05) is 12.6 Å². The molecule has 1 aliphatic carbocycles. The minimum Gasteiger partial charge on any atom is -0.466 e. The van der Waals surface area contributed by atoms with Gasteiger partial charge < -0.3 is 25.0 Å². The first-order valence-corrected chi connectivity index (χ1v) is 13.1. The van der Waals surface area contributed by atoms with E-state index in [-0.39, 0.29) is 49.3 Å². The van der Waals surface area contributed by atoms with Crippen LogP contribution >= 0.6 is 0 Å². The number of hydrogen-bond donors (Lipinski definition) is 2. The molecule has 4 unspecified atom stereocenters. The van der Waals surface area contributed by atoms with Gasteiger partial charge in [0.15, 0.2) is 0 Å². The minimum absolute atomic E-state index is 0.0305. The van der Waals surface area contributed by atoms with Gasteiger partial charge in [-0.05, 0) is 58.4 Å². The number of carbonyl (C=O) groups is 4. The molecule has 1 aromatic carbocycles. The first-order chi connectivity index (χ1) is 17.2. The maximum atomic E-state index is 14.1. The number of rotatable bonds is 11. The molecule has 9 heteroatoms. The van der Waals surface area contributed by atoms with Crippen LogP contribution in [0.1, 0.15) is 78.5 Å². The van der Waals surface area contributed by atoms with Gasteiger partial charge in [-0.15, -0.1) is 0 Å². The maximum absolute atomic E-state index is 14.1. The number of ether oxygens (including phenoxy) is 2. The number of esters is 1. The summed E-state index contributed by atoms with van der Waals surface area (Å²) < 4.78 is 10.4. The molecule has 0 bridgehead atoms. The smallest absolute Gasteiger partial charge is 0.408 e. The molecule has 2 rings (SSSR count). The van der Waals surface area contributed by atoms with Crippen molar-refractivity contribution in [1.29, 1.82) is 0 Å². The highest BCUT2D eigenvalue weighted by Gasteiger charge is 2.48. The molecule has 206 valence electrons. The van der Waals surface area contributed by atoms with Crippen LogP contribution in [-0.2, 0) is 23.9 Å². The fourth-order valence-electron chi connectivity index (χ4n) is 4.18. The van der Waals surface area contributed by atoms with Crippen LogP contribution in [0.4, 0.5) is 4.79 Å². The van der Waals surface area contributed by atoms with Crippen molar-refractivity contribution >= 4 is 23.9 Å². The van der Waals surface area contributed by atoms with Crippen LogP contribution in [0.15, 0.2) is 24.3 Å². The molecule has 1 aromatic rings. The highest BCUT2D eigenvalue weighted by atomic mass is 16.6. The standard InChI is InChI=1S/C28H43N3O6/c1-9-36-22(32)13-14-29-25(33)24(20-12-10-11-18(4)15-20)31(21-16-19(21)5)26(34)23(17(2)3)30-27(35)37-28(6,7)8/h10-12,15,17,19,21,23-24H,9,13-14,16H2,1-8H3,(H,29,33)(H,30,35). The third-order valence-electron chi connectivity index (χ3n) is 6.10. The molecule has 1 aliphatic rings. The second-order valence-electron chi connectivity index (χ2n) is 11.1. The Bertz CT molecular complexity index is 971. The maximum Gasteiger partial charge on any atom is 0.408 e. The molecule has 2 N–H and O–H groups in total. The van der Waals surface area contributed by atoms with Crippen LogP contribution in [0.25, 0.3) is 0 Å². The normalized spacial score (nSPS) is 18.4. The Morgan fingerprint density at radius 3 is 2.32 bits per heavy atom. The zero-order chi connectivity index (χ0) is 27.9. The van der Waals surface area contributed by atoms with Crippen molar-refractivity contribution in [3.8, 4) is 0 Å². The van der Waals surface area contributed by atoms with Gasteiger partial charge in [0.05, 0.1) is 13.0 Å².